The number of anilines is 1. The fourth-order valence-corrected chi connectivity index (χ4v) is 3.26. The van der Waals surface area contributed by atoms with Crippen molar-refractivity contribution in [1.82, 2.24) is 19.5 Å². The van der Waals surface area contributed by atoms with Gasteiger partial charge in [-0.1, -0.05) is 42.5 Å². The number of hydrogen-bond acceptors (Lipinski definition) is 4. The minimum absolute atomic E-state index is 0.218. The molecule has 0 aliphatic heterocycles. The Kier molecular flexibility index (Phi) is 5.04. The second-order valence-corrected chi connectivity index (χ2v) is 7.04. The molecular weight excluding hydrogens is 353 g/mol. The van der Waals surface area contributed by atoms with E-state index in [4.69, 9.17) is 0 Å². The van der Waals surface area contributed by atoms with Crippen molar-refractivity contribution in [2.24, 2.45) is 0 Å². The maximum Gasteiger partial charge on any atom is 0.170 e. The first-order valence-electron chi connectivity index (χ1n) is 9.16. The molecule has 0 bridgehead atoms. The van der Waals surface area contributed by atoms with Crippen molar-refractivity contribution in [3.8, 4) is 11.1 Å². The molecule has 2 heterocycles. The largest absolute Gasteiger partial charge is 0.367 e. The first kappa shape index (κ1) is 18.1. The zero-order chi connectivity index (χ0) is 19.5. The third-order valence-electron chi connectivity index (χ3n) is 4.64. The van der Waals surface area contributed by atoms with Gasteiger partial charge in [0.2, 0.25) is 0 Å². The van der Waals surface area contributed by atoms with Crippen LogP contribution in [0.2, 0.25) is 0 Å². The molecule has 0 saturated carbocycles. The number of hydrogen-bond donors (Lipinski definition) is 1. The molecule has 2 aromatic carbocycles. The van der Waals surface area contributed by atoms with E-state index in [1.54, 1.807) is 18.5 Å². The molecule has 0 saturated heterocycles. The lowest BCUT2D eigenvalue weighted by molar-refractivity contribution is 0.402. The Balaban J connectivity index is 1.61. The van der Waals surface area contributed by atoms with E-state index >= 15 is 0 Å². The van der Waals surface area contributed by atoms with Crippen LogP contribution in [0.15, 0.2) is 67.0 Å². The van der Waals surface area contributed by atoms with Gasteiger partial charge >= 0.3 is 0 Å². The Morgan fingerprint density at radius 3 is 2.54 bits per heavy atom. The number of benzene rings is 2. The molecule has 5 nitrogen and oxygen atoms in total. The van der Waals surface area contributed by atoms with Gasteiger partial charge in [0.25, 0.3) is 0 Å². The molecule has 1 N–H and O–H groups in total. The number of fused-ring (bicyclic) bond motifs is 1. The summed E-state index contributed by atoms with van der Waals surface area (Å²) in [5.41, 5.74) is 4.73. The van der Waals surface area contributed by atoms with Crippen molar-refractivity contribution in [2.75, 3.05) is 19.4 Å². The predicted molar refractivity (Wildman–Crippen MR) is 110 cm³/mol. The predicted octanol–water partition coefficient (Wildman–Crippen LogP) is 4.21. The monoisotopic (exact) mass is 375 g/mol. The Bertz CT molecular complexity index is 1090. The zero-order valence-corrected chi connectivity index (χ0v) is 15.9. The number of halogens is 1. The third kappa shape index (κ3) is 3.73. The maximum atomic E-state index is 13.9. The standard InChI is InChI=1S/C22H22FN5/c1-27(2)14-16-7-9-17(10-8-16)19-11-12-21(28-15-25-26-22(19)28)24-13-18-5-3-4-6-20(18)23/h3-12,15,24H,13-14H2,1-2H3. The zero-order valence-electron chi connectivity index (χ0n) is 15.9. The maximum absolute atomic E-state index is 13.9. The van der Waals surface area contributed by atoms with E-state index in [2.05, 4.69) is 58.8 Å². The van der Waals surface area contributed by atoms with Crippen LogP contribution in [0.3, 0.4) is 0 Å². The summed E-state index contributed by atoms with van der Waals surface area (Å²) in [4.78, 5) is 2.14. The molecule has 0 unspecified atom stereocenters. The van der Waals surface area contributed by atoms with Gasteiger partial charge in [-0.05, 0) is 43.4 Å². The Morgan fingerprint density at radius 1 is 1.00 bits per heavy atom. The molecule has 142 valence electrons. The molecule has 0 aliphatic rings. The highest BCUT2D eigenvalue weighted by Crippen LogP contribution is 2.27. The fraction of sp³-hybridized carbons (Fsp3) is 0.182. The van der Waals surface area contributed by atoms with E-state index in [0.29, 0.717) is 12.1 Å². The van der Waals surface area contributed by atoms with E-state index in [1.807, 2.05) is 22.6 Å². The van der Waals surface area contributed by atoms with Gasteiger partial charge < -0.3 is 10.2 Å². The SMILES string of the molecule is CN(C)Cc1ccc(-c2ccc(NCc3ccccc3F)n3cnnc23)cc1. The molecule has 0 atom stereocenters. The molecule has 28 heavy (non-hydrogen) atoms. The van der Waals surface area contributed by atoms with Gasteiger partial charge in [-0.2, -0.15) is 0 Å². The topological polar surface area (TPSA) is 45.5 Å². The second kappa shape index (κ2) is 7.78. The number of nitrogens with zero attached hydrogens (tertiary/aromatic N) is 4. The molecule has 0 spiro atoms. The summed E-state index contributed by atoms with van der Waals surface area (Å²) in [6.45, 7) is 1.29. The van der Waals surface area contributed by atoms with Crippen LogP contribution >= 0.6 is 0 Å². The van der Waals surface area contributed by atoms with Crippen LogP contribution in [0.5, 0.6) is 0 Å². The van der Waals surface area contributed by atoms with Crippen LogP contribution in [0.25, 0.3) is 16.8 Å². The summed E-state index contributed by atoms with van der Waals surface area (Å²) >= 11 is 0. The Labute approximate surface area is 163 Å². The average molecular weight is 375 g/mol. The molecule has 4 aromatic rings. The Hall–Kier alpha value is -3.25. The summed E-state index contributed by atoms with van der Waals surface area (Å²) in [5, 5.41) is 11.6. The van der Waals surface area contributed by atoms with Crippen molar-refractivity contribution in [3.63, 3.8) is 0 Å². The number of aromatic nitrogens is 3. The summed E-state index contributed by atoms with van der Waals surface area (Å²) in [7, 11) is 4.11. The molecule has 6 heteroatoms. The molecular formula is C22H22FN5. The van der Waals surface area contributed by atoms with Crippen molar-refractivity contribution < 1.29 is 4.39 Å². The van der Waals surface area contributed by atoms with Crippen LogP contribution in [0, 0.1) is 5.82 Å². The van der Waals surface area contributed by atoms with Gasteiger partial charge in [0.1, 0.15) is 18.0 Å². The van der Waals surface area contributed by atoms with Crippen LogP contribution in [-0.2, 0) is 13.1 Å². The van der Waals surface area contributed by atoms with Crippen LogP contribution in [0.1, 0.15) is 11.1 Å². The quantitative estimate of drug-likeness (QED) is 0.548. The van der Waals surface area contributed by atoms with E-state index in [-0.39, 0.29) is 5.82 Å². The highest BCUT2D eigenvalue weighted by Gasteiger charge is 2.10. The van der Waals surface area contributed by atoms with E-state index < -0.39 is 0 Å². The lowest BCUT2D eigenvalue weighted by atomic mass is 10.0. The molecule has 0 fully saturated rings. The van der Waals surface area contributed by atoms with Gasteiger partial charge in [-0.3, -0.25) is 4.40 Å². The summed E-state index contributed by atoms with van der Waals surface area (Å²) < 4.78 is 15.8. The molecule has 4 rings (SSSR count). The van der Waals surface area contributed by atoms with Crippen molar-refractivity contribution >= 4 is 11.5 Å². The average Bonchev–Trinajstić information content (AvgIpc) is 3.18. The van der Waals surface area contributed by atoms with Gasteiger partial charge in [-0.15, -0.1) is 10.2 Å². The van der Waals surface area contributed by atoms with E-state index in [9.17, 15) is 4.39 Å². The lowest BCUT2D eigenvalue weighted by Gasteiger charge is -2.13. The van der Waals surface area contributed by atoms with Gasteiger partial charge in [0, 0.05) is 24.2 Å². The van der Waals surface area contributed by atoms with E-state index in [0.717, 1.165) is 29.1 Å². The molecule has 0 radical (unpaired) electrons. The number of pyridine rings is 1. The molecule has 2 aromatic heterocycles. The summed E-state index contributed by atoms with van der Waals surface area (Å²) in [6.07, 6.45) is 1.67. The normalized spacial score (nSPS) is 11.3. The minimum atomic E-state index is -0.218. The Morgan fingerprint density at radius 2 is 1.79 bits per heavy atom. The first-order chi connectivity index (χ1) is 13.6. The van der Waals surface area contributed by atoms with Crippen molar-refractivity contribution in [1.29, 1.82) is 0 Å². The van der Waals surface area contributed by atoms with Gasteiger partial charge in [-0.25, -0.2) is 4.39 Å². The third-order valence-corrected chi connectivity index (χ3v) is 4.64. The number of rotatable bonds is 6. The van der Waals surface area contributed by atoms with Crippen molar-refractivity contribution in [2.45, 2.75) is 13.1 Å². The van der Waals surface area contributed by atoms with Crippen LogP contribution < -0.4 is 5.32 Å². The smallest absolute Gasteiger partial charge is 0.170 e. The highest BCUT2D eigenvalue weighted by atomic mass is 19.1. The lowest BCUT2D eigenvalue weighted by Crippen LogP contribution is -2.10. The van der Waals surface area contributed by atoms with Gasteiger partial charge in [0.15, 0.2) is 5.65 Å². The van der Waals surface area contributed by atoms with E-state index in [1.165, 1.54) is 11.6 Å². The second-order valence-electron chi connectivity index (χ2n) is 7.04. The summed E-state index contributed by atoms with van der Waals surface area (Å²) in [6, 6.07) is 19.2. The number of nitrogens with one attached hydrogen (secondary N) is 1. The molecule has 0 amide bonds. The fourth-order valence-electron chi connectivity index (χ4n) is 3.26. The summed E-state index contributed by atoms with van der Waals surface area (Å²) in [5.74, 6) is 0.598. The van der Waals surface area contributed by atoms with Crippen LogP contribution in [0.4, 0.5) is 10.2 Å². The first-order valence-corrected chi connectivity index (χ1v) is 9.16. The highest BCUT2D eigenvalue weighted by molar-refractivity contribution is 5.79. The minimum Gasteiger partial charge on any atom is -0.367 e. The van der Waals surface area contributed by atoms with Crippen LogP contribution in [-0.4, -0.2) is 33.6 Å². The van der Waals surface area contributed by atoms with Gasteiger partial charge in [0.05, 0.1) is 0 Å². The molecule has 0 aliphatic carbocycles. The van der Waals surface area contributed by atoms with Crippen molar-refractivity contribution in [3.05, 3.63) is 83.9 Å².